The monoisotopic (exact) mass is 281 g/mol. The van der Waals surface area contributed by atoms with Crippen molar-refractivity contribution >= 4 is 23.2 Å². The zero-order chi connectivity index (χ0) is 13.1. The predicted molar refractivity (Wildman–Crippen MR) is 74.6 cm³/mol. The van der Waals surface area contributed by atoms with Gasteiger partial charge in [-0.15, -0.1) is 0 Å². The molecule has 0 radical (unpaired) electrons. The number of halogens is 2. The Kier molecular flexibility index (Phi) is 4.19. The summed E-state index contributed by atoms with van der Waals surface area (Å²) in [5.41, 5.74) is 5.47. The normalized spacial score (nSPS) is 12.4. The number of aromatic nitrogens is 1. The first-order valence-corrected chi connectivity index (χ1v) is 6.20. The van der Waals surface area contributed by atoms with Gasteiger partial charge in [0.2, 0.25) is 0 Å². The molecule has 0 bridgehead atoms. The molecule has 3 nitrogen and oxygen atoms in total. The van der Waals surface area contributed by atoms with Crippen molar-refractivity contribution in [1.29, 1.82) is 0 Å². The molecular weight excluding hydrogens is 269 g/mol. The van der Waals surface area contributed by atoms with Crippen LogP contribution in [-0.4, -0.2) is 4.98 Å². The van der Waals surface area contributed by atoms with Crippen LogP contribution in [0.3, 0.4) is 0 Å². The van der Waals surface area contributed by atoms with Crippen LogP contribution in [0.5, 0.6) is 0 Å². The molecule has 1 heterocycles. The lowest BCUT2D eigenvalue weighted by Gasteiger charge is -2.19. The van der Waals surface area contributed by atoms with Crippen LogP contribution in [0.25, 0.3) is 0 Å². The summed E-state index contributed by atoms with van der Waals surface area (Å²) >= 11 is 12.4. The number of rotatable bonds is 3. The molecule has 0 saturated carbocycles. The molecule has 2 aromatic rings. The molecular formula is C13H13Cl2N3. The summed E-state index contributed by atoms with van der Waals surface area (Å²) in [5, 5.41) is 1.15. The third kappa shape index (κ3) is 2.65. The van der Waals surface area contributed by atoms with Gasteiger partial charge in [0.15, 0.2) is 0 Å². The van der Waals surface area contributed by atoms with Gasteiger partial charge < -0.3 is 0 Å². The first kappa shape index (κ1) is 13.3. The van der Waals surface area contributed by atoms with E-state index in [-0.39, 0.29) is 6.04 Å². The van der Waals surface area contributed by atoms with Crippen LogP contribution in [0.15, 0.2) is 36.7 Å². The molecule has 1 atom stereocenters. The van der Waals surface area contributed by atoms with E-state index in [1.807, 2.05) is 13.0 Å². The van der Waals surface area contributed by atoms with E-state index in [1.165, 1.54) is 0 Å². The lowest BCUT2D eigenvalue weighted by Crippen LogP contribution is -2.29. The average Bonchev–Trinajstić information content (AvgIpc) is 2.34. The van der Waals surface area contributed by atoms with Crippen LogP contribution < -0.4 is 11.3 Å². The number of benzene rings is 1. The minimum absolute atomic E-state index is 0.279. The number of hydrogen-bond donors (Lipinski definition) is 2. The van der Waals surface area contributed by atoms with Gasteiger partial charge >= 0.3 is 0 Å². The van der Waals surface area contributed by atoms with E-state index in [4.69, 9.17) is 29.0 Å². The molecule has 1 unspecified atom stereocenters. The summed E-state index contributed by atoms with van der Waals surface area (Å²) in [4.78, 5) is 4.16. The fraction of sp³-hybridized carbons (Fsp3) is 0.154. The maximum absolute atomic E-state index is 6.19. The smallest absolute Gasteiger partial charge is 0.0754 e. The van der Waals surface area contributed by atoms with Crippen LogP contribution in [0, 0.1) is 6.92 Å². The highest BCUT2D eigenvalue weighted by atomic mass is 35.5. The largest absolute Gasteiger partial charge is 0.271 e. The van der Waals surface area contributed by atoms with Crippen LogP contribution in [0.2, 0.25) is 10.0 Å². The SMILES string of the molecule is Cc1cncc(C(NN)c2c(Cl)cccc2Cl)c1. The molecule has 94 valence electrons. The summed E-state index contributed by atoms with van der Waals surface area (Å²) < 4.78 is 0. The van der Waals surface area contributed by atoms with Crippen molar-refractivity contribution in [3.05, 3.63) is 63.4 Å². The summed E-state index contributed by atoms with van der Waals surface area (Å²) in [6.07, 6.45) is 3.53. The number of pyridine rings is 1. The molecule has 1 aromatic carbocycles. The second-order valence-corrected chi connectivity index (χ2v) is 4.85. The van der Waals surface area contributed by atoms with Crippen LogP contribution in [-0.2, 0) is 0 Å². The first-order chi connectivity index (χ1) is 8.63. The Balaban J connectivity index is 2.52. The van der Waals surface area contributed by atoms with Gasteiger partial charge in [0, 0.05) is 28.0 Å². The van der Waals surface area contributed by atoms with E-state index in [9.17, 15) is 0 Å². The van der Waals surface area contributed by atoms with E-state index in [1.54, 1.807) is 30.6 Å². The molecule has 0 aliphatic rings. The highest BCUT2D eigenvalue weighted by Crippen LogP contribution is 2.33. The third-order valence-electron chi connectivity index (χ3n) is 2.68. The maximum atomic E-state index is 6.19. The van der Waals surface area contributed by atoms with Crippen molar-refractivity contribution in [2.24, 2.45) is 5.84 Å². The predicted octanol–water partition coefficient (Wildman–Crippen LogP) is 3.25. The fourth-order valence-corrected chi connectivity index (χ4v) is 2.48. The number of aryl methyl sites for hydroxylation is 1. The summed E-state index contributed by atoms with van der Waals surface area (Å²) in [7, 11) is 0. The fourth-order valence-electron chi connectivity index (χ4n) is 1.87. The number of nitrogens with one attached hydrogen (secondary N) is 1. The van der Waals surface area contributed by atoms with E-state index in [0.29, 0.717) is 10.0 Å². The zero-order valence-electron chi connectivity index (χ0n) is 9.82. The quantitative estimate of drug-likeness (QED) is 0.671. The van der Waals surface area contributed by atoms with Crippen LogP contribution in [0.4, 0.5) is 0 Å². The molecule has 0 aliphatic carbocycles. The molecule has 3 N–H and O–H groups in total. The number of hydrazine groups is 1. The van der Waals surface area contributed by atoms with Gasteiger partial charge in [0.25, 0.3) is 0 Å². The lowest BCUT2D eigenvalue weighted by atomic mass is 10.00. The van der Waals surface area contributed by atoms with Gasteiger partial charge in [-0.2, -0.15) is 0 Å². The molecule has 2 rings (SSSR count). The molecule has 18 heavy (non-hydrogen) atoms. The Morgan fingerprint density at radius 2 is 1.89 bits per heavy atom. The van der Waals surface area contributed by atoms with Crippen molar-refractivity contribution in [3.63, 3.8) is 0 Å². The third-order valence-corrected chi connectivity index (χ3v) is 3.34. The molecule has 1 aromatic heterocycles. The Bertz CT molecular complexity index is 537. The first-order valence-electron chi connectivity index (χ1n) is 5.45. The van der Waals surface area contributed by atoms with Gasteiger partial charge in [-0.3, -0.25) is 10.8 Å². The Hall–Kier alpha value is -1.13. The van der Waals surface area contributed by atoms with E-state index in [2.05, 4.69) is 10.4 Å². The second-order valence-electron chi connectivity index (χ2n) is 4.03. The van der Waals surface area contributed by atoms with Crippen LogP contribution in [0.1, 0.15) is 22.7 Å². The van der Waals surface area contributed by atoms with Crippen molar-refractivity contribution < 1.29 is 0 Å². The van der Waals surface area contributed by atoms with Crippen LogP contribution >= 0.6 is 23.2 Å². The van der Waals surface area contributed by atoms with Gasteiger partial charge in [-0.05, 0) is 30.2 Å². The maximum Gasteiger partial charge on any atom is 0.0754 e. The van der Waals surface area contributed by atoms with Crippen molar-refractivity contribution in [2.75, 3.05) is 0 Å². The van der Waals surface area contributed by atoms with Gasteiger partial charge in [-0.25, -0.2) is 5.43 Å². The van der Waals surface area contributed by atoms with Crippen molar-refractivity contribution in [2.45, 2.75) is 13.0 Å². The van der Waals surface area contributed by atoms with Crippen molar-refractivity contribution in [3.8, 4) is 0 Å². The highest BCUT2D eigenvalue weighted by Gasteiger charge is 2.19. The van der Waals surface area contributed by atoms with Gasteiger partial charge in [-0.1, -0.05) is 35.3 Å². The number of hydrogen-bond acceptors (Lipinski definition) is 3. The molecule has 0 amide bonds. The molecule has 5 heteroatoms. The van der Waals surface area contributed by atoms with Gasteiger partial charge in [0.1, 0.15) is 0 Å². The van der Waals surface area contributed by atoms with Gasteiger partial charge in [0.05, 0.1) is 6.04 Å². The number of nitrogens with two attached hydrogens (primary N) is 1. The van der Waals surface area contributed by atoms with E-state index >= 15 is 0 Å². The standard InChI is InChI=1S/C13H13Cl2N3/c1-8-5-9(7-17-6-8)13(18-16)12-10(14)3-2-4-11(12)15/h2-7,13,18H,16H2,1H3. The molecule has 0 spiro atoms. The summed E-state index contributed by atoms with van der Waals surface area (Å²) in [6, 6.07) is 7.10. The van der Waals surface area contributed by atoms with E-state index < -0.39 is 0 Å². The molecule has 0 saturated heterocycles. The lowest BCUT2D eigenvalue weighted by molar-refractivity contribution is 0.634. The topological polar surface area (TPSA) is 50.9 Å². The molecule has 0 aliphatic heterocycles. The highest BCUT2D eigenvalue weighted by molar-refractivity contribution is 6.36. The summed E-state index contributed by atoms with van der Waals surface area (Å²) in [6.45, 7) is 1.97. The second kappa shape index (κ2) is 5.67. The van der Waals surface area contributed by atoms with E-state index in [0.717, 1.165) is 16.7 Å². The Labute approximate surface area is 116 Å². The Morgan fingerprint density at radius 1 is 1.22 bits per heavy atom. The Morgan fingerprint density at radius 3 is 2.44 bits per heavy atom. The zero-order valence-corrected chi connectivity index (χ0v) is 11.3. The number of nitrogens with zero attached hydrogens (tertiary/aromatic N) is 1. The minimum Gasteiger partial charge on any atom is -0.271 e. The summed E-state index contributed by atoms with van der Waals surface area (Å²) in [5.74, 6) is 5.63. The average molecular weight is 282 g/mol. The molecule has 0 fully saturated rings. The minimum atomic E-state index is -0.279. The van der Waals surface area contributed by atoms with Crippen molar-refractivity contribution in [1.82, 2.24) is 10.4 Å².